The molecule has 0 aromatic carbocycles. The van der Waals surface area contributed by atoms with Crippen LogP contribution in [0.25, 0.3) is 0 Å². The Balaban J connectivity index is 2.64. The lowest BCUT2D eigenvalue weighted by molar-refractivity contribution is 0.413. The lowest BCUT2D eigenvalue weighted by Gasteiger charge is -2.06. The average molecular weight is 277 g/mol. The summed E-state index contributed by atoms with van der Waals surface area (Å²) in [5.41, 5.74) is 1.26. The van der Waals surface area contributed by atoms with Crippen molar-refractivity contribution in [3.63, 3.8) is 0 Å². The SMILES string of the molecule is CCc1nc(CCN(C)C)sc1CBr. The average Bonchev–Trinajstić information content (AvgIpc) is 2.57. The molecule has 0 aliphatic heterocycles. The Hall–Kier alpha value is 0.0700. The Kier molecular flexibility index (Phi) is 5.06. The monoisotopic (exact) mass is 276 g/mol. The zero-order valence-electron chi connectivity index (χ0n) is 9.01. The fourth-order valence-corrected chi connectivity index (χ4v) is 2.91. The topological polar surface area (TPSA) is 16.1 Å². The first-order chi connectivity index (χ1) is 6.67. The van der Waals surface area contributed by atoms with Gasteiger partial charge in [0.25, 0.3) is 0 Å². The molecule has 0 aliphatic carbocycles. The van der Waals surface area contributed by atoms with E-state index in [4.69, 9.17) is 0 Å². The second-order valence-electron chi connectivity index (χ2n) is 3.52. The van der Waals surface area contributed by atoms with E-state index in [0.717, 1.165) is 24.7 Å². The first-order valence-electron chi connectivity index (χ1n) is 4.85. The van der Waals surface area contributed by atoms with Crippen LogP contribution in [-0.2, 0) is 18.2 Å². The zero-order chi connectivity index (χ0) is 10.6. The Morgan fingerprint density at radius 3 is 2.57 bits per heavy atom. The minimum atomic E-state index is 0.940. The van der Waals surface area contributed by atoms with Gasteiger partial charge in [-0.05, 0) is 20.5 Å². The summed E-state index contributed by atoms with van der Waals surface area (Å²) in [6.07, 6.45) is 2.11. The van der Waals surface area contributed by atoms with Gasteiger partial charge < -0.3 is 4.90 Å². The van der Waals surface area contributed by atoms with Gasteiger partial charge in [-0.3, -0.25) is 0 Å². The molecule has 0 N–H and O–H groups in total. The molecule has 0 radical (unpaired) electrons. The van der Waals surface area contributed by atoms with Crippen LogP contribution in [0.4, 0.5) is 0 Å². The largest absolute Gasteiger partial charge is 0.309 e. The lowest BCUT2D eigenvalue weighted by atomic mass is 10.3. The number of hydrogen-bond acceptors (Lipinski definition) is 3. The van der Waals surface area contributed by atoms with Gasteiger partial charge in [-0.15, -0.1) is 11.3 Å². The minimum Gasteiger partial charge on any atom is -0.309 e. The van der Waals surface area contributed by atoms with Crippen LogP contribution in [0.5, 0.6) is 0 Å². The molecule has 14 heavy (non-hydrogen) atoms. The van der Waals surface area contributed by atoms with Crippen LogP contribution >= 0.6 is 27.3 Å². The normalized spacial score (nSPS) is 11.2. The Bertz CT molecular complexity index is 262. The molecule has 0 unspecified atom stereocenters. The molecule has 0 saturated carbocycles. The van der Waals surface area contributed by atoms with Gasteiger partial charge in [0.2, 0.25) is 0 Å². The Morgan fingerprint density at radius 2 is 2.14 bits per heavy atom. The van der Waals surface area contributed by atoms with Gasteiger partial charge >= 0.3 is 0 Å². The van der Waals surface area contributed by atoms with Crippen molar-refractivity contribution in [3.05, 3.63) is 15.6 Å². The smallest absolute Gasteiger partial charge is 0.0944 e. The highest BCUT2D eigenvalue weighted by molar-refractivity contribution is 9.08. The van der Waals surface area contributed by atoms with Gasteiger partial charge in [-0.25, -0.2) is 4.98 Å². The van der Waals surface area contributed by atoms with Crippen molar-refractivity contribution in [2.45, 2.75) is 25.1 Å². The third kappa shape index (κ3) is 3.33. The molecule has 80 valence electrons. The molecular formula is C10H17BrN2S. The molecule has 1 rings (SSSR count). The van der Waals surface area contributed by atoms with Gasteiger partial charge in [0.15, 0.2) is 0 Å². The lowest BCUT2D eigenvalue weighted by Crippen LogP contribution is -2.14. The molecule has 1 aromatic heterocycles. The van der Waals surface area contributed by atoms with Crippen molar-refractivity contribution >= 4 is 27.3 Å². The first-order valence-corrected chi connectivity index (χ1v) is 6.79. The number of rotatable bonds is 5. The maximum absolute atomic E-state index is 4.63. The predicted octanol–water partition coefficient (Wildman–Crippen LogP) is 2.70. The molecular weight excluding hydrogens is 260 g/mol. The number of hydrogen-bond donors (Lipinski definition) is 0. The van der Waals surface area contributed by atoms with E-state index in [1.807, 2.05) is 11.3 Å². The second-order valence-corrected chi connectivity index (χ2v) is 5.25. The van der Waals surface area contributed by atoms with E-state index >= 15 is 0 Å². The number of nitrogens with zero attached hydrogens (tertiary/aromatic N) is 2. The van der Waals surface area contributed by atoms with Crippen LogP contribution < -0.4 is 0 Å². The summed E-state index contributed by atoms with van der Waals surface area (Å²) in [4.78, 5) is 8.22. The van der Waals surface area contributed by atoms with Crippen molar-refractivity contribution in [1.29, 1.82) is 0 Å². The summed E-state index contributed by atoms with van der Waals surface area (Å²) in [5, 5.41) is 2.21. The van der Waals surface area contributed by atoms with Crippen molar-refractivity contribution in [1.82, 2.24) is 9.88 Å². The third-order valence-electron chi connectivity index (χ3n) is 2.05. The third-order valence-corrected chi connectivity index (χ3v) is 4.14. The number of aromatic nitrogens is 1. The van der Waals surface area contributed by atoms with E-state index in [1.165, 1.54) is 15.6 Å². The molecule has 1 aromatic rings. The molecule has 2 nitrogen and oxygen atoms in total. The van der Waals surface area contributed by atoms with Crippen molar-refractivity contribution in [2.24, 2.45) is 0 Å². The highest BCUT2D eigenvalue weighted by atomic mass is 79.9. The molecule has 4 heteroatoms. The van der Waals surface area contributed by atoms with Crippen molar-refractivity contribution in [2.75, 3.05) is 20.6 Å². The van der Waals surface area contributed by atoms with Crippen LogP contribution in [-0.4, -0.2) is 30.5 Å². The van der Waals surface area contributed by atoms with Gasteiger partial charge in [0.05, 0.1) is 10.7 Å². The summed E-state index contributed by atoms with van der Waals surface area (Å²) < 4.78 is 0. The van der Waals surface area contributed by atoms with E-state index in [1.54, 1.807) is 0 Å². The fraction of sp³-hybridized carbons (Fsp3) is 0.700. The van der Waals surface area contributed by atoms with Gasteiger partial charge in [0, 0.05) is 23.2 Å². The predicted molar refractivity (Wildman–Crippen MR) is 66.4 cm³/mol. The van der Waals surface area contributed by atoms with Gasteiger partial charge in [-0.1, -0.05) is 22.9 Å². The van der Waals surface area contributed by atoms with Crippen LogP contribution in [0.15, 0.2) is 0 Å². The second kappa shape index (κ2) is 5.83. The standard InChI is InChI=1S/C10H17BrN2S/c1-4-8-9(7-11)14-10(12-8)5-6-13(2)3/h4-7H2,1-3H3. The highest BCUT2D eigenvalue weighted by Gasteiger charge is 2.08. The van der Waals surface area contributed by atoms with E-state index in [0.29, 0.717) is 0 Å². The maximum Gasteiger partial charge on any atom is 0.0944 e. The van der Waals surface area contributed by atoms with E-state index < -0.39 is 0 Å². The molecule has 0 atom stereocenters. The number of thiazole rings is 1. The molecule has 1 heterocycles. The molecule has 0 amide bonds. The van der Waals surface area contributed by atoms with Crippen LogP contribution in [0, 0.1) is 0 Å². The summed E-state index contributed by atoms with van der Waals surface area (Å²) in [7, 11) is 4.19. The Labute approximate surface area is 98.5 Å². The quantitative estimate of drug-likeness (QED) is 0.769. The number of aryl methyl sites for hydroxylation is 1. The number of likely N-dealkylation sites (N-methyl/N-ethyl adjacent to an activating group) is 1. The fourth-order valence-electron chi connectivity index (χ4n) is 1.24. The number of halogens is 1. The molecule has 0 bridgehead atoms. The van der Waals surface area contributed by atoms with Gasteiger partial charge in [-0.2, -0.15) is 0 Å². The summed E-state index contributed by atoms with van der Waals surface area (Å²) in [5.74, 6) is 0. The first kappa shape index (κ1) is 12.1. The zero-order valence-corrected chi connectivity index (χ0v) is 11.4. The highest BCUT2D eigenvalue weighted by Crippen LogP contribution is 2.22. The van der Waals surface area contributed by atoms with E-state index in [-0.39, 0.29) is 0 Å². The number of alkyl halides is 1. The van der Waals surface area contributed by atoms with Crippen molar-refractivity contribution < 1.29 is 0 Å². The molecule has 0 spiro atoms. The van der Waals surface area contributed by atoms with Crippen LogP contribution in [0.1, 0.15) is 22.5 Å². The van der Waals surface area contributed by atoms with E-state index in [9.17, 15) is 0 Å². The van der Waals surface area contributed by atoms with Crippen molar-refractivity contribution in [3.8, 4) is 0 Å². The molecule has 0 fully saturated rings. The molecule has 0 aliphatic rings. The summed E-state index contributed by atoms with van der Waals surface area (Å²) in [6, 6.07) is 0. The molecule has 0 saturated heterocycles. The Morgan fingerprint density at radius 1 is 1.43 bits per heavy atom. The maximum atomic E-state index is 4.63. The minimum absolute atomic E-state index is 0.940. The van der Waals surface area contributed by atoms with Gasteiger partial charge in [0.1, 0.15) is 0 Å². The van der Waals surface area contributed by atoms with E-state index in [2.05, 4.69) is 46.8 Å². The van der Waals surface area contributed by atoms with Crippen LogP contribution in [0.2, 0.25) is 0 Å². The van der Waals surface area contributed by atoms with Crippen LogP contribution in [0.3, 0.4) is 0 Å². The summed E-state index contributed by atoms with van der Waals surface area (Å²) in [6.45, 7) is 3.25. The summed E-state index contributed by atoms with van der Waals surface area (Å²) >= 11 is 5.34.